The van der Waals surface area contributed by atoms with Gasteiger partial charge in [-0.05, 0) is 12.1 Å². The van der Waals surface area contributed by atoms with E-state index in [9.17, 15) is 4.79 Å². The molecule has 0 aromatic carbocycles. The van der Waals surface area contributed by atoms with E-state index in [0.717, 1.165) is 12.2 Å². The van der Waals surface area contributed by atoms with Crippen molar-refractivity contribution in [3.63, 3.8) is 0 Å². The van der Waals surface area contributed by atoms with Crippen LogP contribution < -0.4 is 10.6 Å². The molecule has 0 saturated heterocycles. The summed E-state index contributed by atoms with van der Waals surface area (Å²) in [5, 5.41) is 0. The quantitative estimate of drug-likeness (QED) is 0.789. The third-order valence-electron chi connectivity index (χ3n) is 2.27. The number of nitrogens with two attached hydrogens (primary N) is 1. The van der Waals surface area contributed by atoms with Gasteiger partial charge in [-0.3, -0.25) is 9.78 Å². The number of carbonyl (C=O) groups excluding carboxylic acids is 1. The fourth-order valence-corrected chi connectivity index (χ4v) is 1.33. The number of nitrogens with zero attached hydrogens (tertiary/aromatic N) is 3. The summed E-state index contributed by atoms with van der Waals surface area (Å²) in [6, 6.07) is 3.64. The van der Waals surface area contributed by atoms with Gasteiger partial charge >= 0.3 is 0 Å². The Labute approximate surface area is 95.9 Å². The van der Waals surface area contributed by atoms with Crippen molar-refractivity contribution in [2.45, 2.75) is 0 Å². The molecule has 0 fully saturated rings. The SMILES string of the molecule is CN(C)C(=O)c1cc(N(C)CCN)ccn1. The second kappa shape index (κ2) is 5.46. The van der Waals surface area contributed by atoms with E-state index in [1.54, 1.807) is 26.4 Å². The lowest BCUT2D eigenvalue weighted by Gasteiger charge is -2.19. The molecule has 0 bridgehead atoms. The highest BCUT2D eigenvalue weighted by molar-refractivity contribution is 5.92. The summed E-state index contributed by atoms with van der Waals surface area (Å²) >= 11 is 0. The van der Waals surface area contributed by atoms with Crippen LogP contribution in [0.15, 0.2) is 18.3 Å². The smallest absolute Gasteiger partial charge is 0.272 e. The van der Waals surface area contributed by atoms with Crippen LogP contribution in [0.1, 0.15) is 10.5 Å². The summed E-state index contributed by atoms with van der Waals surface area (Å²) in [4.78, 5) is 19.3. The van der Waals surface area contributed by atoms with Gasteiger partial charge in [0.1, 0.15) is 5.69 Å². The molecule has 0 aliphatic heterocycles. The Morgan fingerprint density at radius 3 is 2.69 bits per heavy atom. The van der Waals surface area contributed by atoms with Gasteiger partial charge in [0.15, 0.2) is 0 Å². The number of pyridine rings is 1. The first-order valence-electron chi connectivity index (χ1n) is 5.15. The molecule has 5 heteroatoms. The Morgan fingerprint density at radius 2 is 2.12 bits per heavy atom. The maximum atomic E-state index is 11.7. The second-order valence-electron chi connectivity index (χ2n) is 3.81. The minimum atomic E-state index is -0.0944. The molecule has 88 valence electrons. The molecule has 0 radical (unpaired) electrons. The summed E-state index contributed by atoms with van der Waals surface area (Å²) in [5.41, 5.74) is 6.88. The van der Waals surface area contributed by atoms with Gasteiger partial charge in [0.05, 0.1) is 0 Å². The van der Waals surface area contributed by atoms with Crippen LogP contribution in [0.3, 0.4) is 0 Å². The zero-order valence-electron chi connectivity index (χ0n) is 9.97. The maximum absolute atomic E-state index is 11.7. The van der Waals surface area contributed by atoms with Gasteiger partial charge in [0, 0.05) is 46.1 Å². The summed E-state index contributed by atoms with van der Waals surface area (Å²) < 4.78 is 0. The molecule has 5 nitrogen and oxygen atoms in total. The molecule has 0 aliphatic carbocycles. The number of carbonyl (C=O) groups is 1. The van der Waals surface area contributed by atoms with E-state index in [-0.39, 0.29) is 5.91 Å². The van der Waals surface area contributed by atoms with Crippen molar-refractivity contribution in [2.75, 3.05) is 39.1 Å². The van der Waals surface area contributed by atoms with Gasteiger partial charge in [-0.2, -0.15) is 0 Å². The molecule has 1 rings (SSSR count). The topological polar surface area (TPSA) is 62.5 Å². The van der Waals surface area contributed by atoms with Crippen LogP contribution in [0.25, 0.3) is 0 Å². The molecule has 1 aromatic rings. The number of likely N-dealkylation sites (N-methyl/N-ethyl adjacent to an activating group) is 1. The van der Waals surface area contributed by atoms with Crippen LogP contribution >= 0.6 is 0 Å². The number of aromatic nitrogens is 1. The van der Waals surface area contributed by atoms with Crippen molar-refractivity contribution < 1.29 is 4.79 Å². The minimum absolute atomic E-state index is 0.0944. The van der Waals surface area contributed by atoms with Gasteiger partial charge < -0.3 is 15.5 Å². The third kappa shape index (κ3) is 2.93. The summed E-state index contributed by atoms with van der Waals surface area (Å²) in [7, 11) is 5.35. The lowest BCUT2D eigenvalue weighted by molar-refractivity contribution is 0.0822. The average molecular weight is 222 g/mol. The molecule has 0 aliphatic rings. The van der Waals surface area contributed by atoms with Gasteiger partial charge in [0.2, 0.25) is 0 Å². The van der Waals surface area contributed by atoms with Crippen LogP contribution in [-0.4, -0.2) is 50.0 Å². The van der Waals surface area contributed by atoms with Crippen LogP contribution in [-0.2, 0) is 0 Å². The zero-order chi connectivity index (χ0) is 12.1. The fourth-order valence-electron chi connectivity index (χ4n) is 1.33. The van der Waals surface area contributed by atoms with E-state index in [1.165, 1.54) is 4.90 Å². The molecule has 1 amide bonds. The number of hydrogen-bond acceptors (Lipinski definition) is 4. The predicted molar refractivity (Wildman–Crippen MR) is 64.6 cm³/mol. The Hall–Kier alpha value is -1.62. The molecule has 1 aromatic heterocycles. The lowest BCUT2D eigenvalue weighted by Crippen LogP contribution is -2.26. The summed E-state index contributed by atoms with van der Waals surface area (Å²) in [6.45, 7) is 1.33. The third-order valence-corrected chi connectivity index (χ3v) is 2.27. The van der Waals surface area contributed by atoms with Crippen molar-refractivity contribution >= 4 is 11.6 Å². The van der Waals surface area contributed by atoms with E-state index in [0.29, 0.717) is 12.2 Å². The van der Waals surface area contributed by atoms with E-state index < -0.39 is 0 Å². The van der Waals surface area contributed by atoms with Crippen molar-refractivity contribution in [1.82, 2.24) is 9.88 Å². The van der Waals surface area contributed by atoms with E-state index >= 15 is 0 Å². The fraction of sp³-hybridized carbons (Fsp3) is 0.455. The largest absolute Gasteiger partial charge is 0.373 e. The first-order valence-corrected chi connectivity index (χ1v) is 5.15. The van der Waals surface area contributed by atoms with Crippen molar-refractivity contribution in [3.8, 4) is 0 Å². The highest BCUT2D eigenvalue weighted by atomic mass is 16.2. The molecule has 16 heavy (non-hydrogen) atoms. The average Bonchev–Trinajstić information content (AvgIpc) is 2.28. The number of rotatable bonds is 4. The Kier molecular flexibility index (Phi) is 4.25. The lowest BCUT2D eigenvalue weighted by atomic mass is 10.2. The highest BCUT2D eigenvalue weighted by Crippen LogP contribution is 2.13. The highest BCUT2D eigenvalue weighted by Gasteiger charge is 2.10. The standard InChI is InChI=1S/C11H18N4O/c1-14(2)11(16)10-8-9(4-6-13-10)15(3)7-5-12/h4,6,8H,5,7,12H2,1-3H3. The van der Waals surface area contributed by atoms with Crippen LogP contribution in [0, 0.1) is 0 Å². The first-order chi connectivity index (χ1) is 7.56. The molecule has 0 unspecified atom stereocenters. The van der Waals surface area contributed by atoms with E-state index in [4.69, 9.17) is 5.73 Å². The zero-order valence-corrected chi connectivity index (χ0v) is 9.97. The first kappa shape index (κ1) is 12.4. The Morgan fingerprint density at radius 1 is 1.44 bits per heavy atom. The Balaban J connectivity index is 2.90. The number of hydrogen-bond donors (Lipinski definition) is 1. The van der Waals surface area contributed by atoms with Crippen molar-refractivity contribution in [1.29, 1.82) is 0 Å². The molecule has 0 saturated carbocycles. The molecule has 0 spiro atoms. The number of amides is 1. The monoisotopic (exact) mass is 222 g/mol. The molecule has 1 heterocycles. The minimum Gasteiger partial charge on any atom is -0.373 e. The van der Waals surface area contributed by atoms with E-state index in [2.05, 4.69) is 4.98 Å². The van der Waals surface area contributed by atoms with Gasteiger partial charge in [-0.1, -0.05) is 0 Å². The maximum Gasteiger partial charge on any atom is 0.272 e. The van der Waals surface area contributed by atoms with Crippen molar-refractivity contribution in [3.05, 3.63) is 24.0 Å². The second-order valence-corrected chi connectivity index (χ2v) is 3.81. The summed E-state index contributed by atoms with van der Waals surface area (Å²) in [5.74, 6) is -0.0944. The molecule has 2 N–H and O–H groups in total. The normalized spacial score (nSPS) is 10.0. The summed E-state index contributed by atoms with van der Waals surface area (Å²) in [6.07, 6.45) is 1.64. The van der Waals surface area contributed by atoms with Gasteiger partial charge in [-0.15, -0.1) is 0 Å². The van der Waals surface area contributed by atoms with Crippen LogP contribution in [0.4, 0.5) is 5.69 Å². The van der Waals surface area contributed by atoms with Crippen LogP contribution in [0.2, 0.25) is 0 Å². The molecule has 0 atom stereocenters. The molecular weight excluding hydrogens is 204 g/mol. The molecular formula is C11H18N4O. The van der Waals surface area contributed by atoms with E-state index in [1.807, 2.05) is 18.0 Å². The predicted octanol–water partition coefficient (Wildman–Crippen LogP) is 0.178. The van der Waals surface area contributed by atoms with Gasteiger partial charge in [0.25, 0.3) is 5.91 Å². The van der Waals surface area contributed by atoms with Crippen molar-refractivity contribution in [2.24, 2.45) is 5.73 Å². The van der Waals surface area contributed by atoms with Gasteiger partial charge in [-0.25, -0.2) is 0 Å². The van der Waals surface area contributed by atoms with Crippen LogP contribution in [0.5, 0.6) is 0 Å². The number of anilines is 1. The Bertz CT molecular complexity index is 365.